The van der Waals surface area contributed by atoms with Gasteiger partial charge in [-0.25, -0.2) is 4.79 Å². The predicted molar refractivity (Wildman–Crippen MR) is 67.0 cm³/mol. The van der Waals surface area contributed by atoms with Crippen LogP contribution in [0.15, 0.2) is 35.0 Å². The van der Waals surface area contributed by atoms with Crippen molar-refractivity contribution in [3.05, 3.63) is 47.3 Å². The van der Waals surface area contributed by atoms with Gasteiger partial charge in [-0.2, -0.15) is 0 Å². The molecule has 0 saturated carbocycles. The van der Waals surface area contributed by atoms with Gasteiger partial charge in [0.25, 0.3) is 5.91 Å². The predicted octanol–water partition coefficient (Wildman–Crippen LogP) is 2.02. The Labute approximate surface area is 109 Å². The third kappa shape index (κ3) is 2.79. The van der Waals surface area contributed by atoms with Crippen molar-refractivity contribution in [3.63, 3.8) is 0 Å². The number of carbonyl (C=O) groups is 2. The molecule has 0 saturated heterocycles. The minimum Gasteiger partial charge on any atom is -0.465 e. The van der Waals surface area contributed by atoms with Gasteiger partial charge in [0, 0.05) is 11.3 Å². The van der Waals surface area contributed by atoms with Crippen LogP contribution < -0.4 is 5.32 Å². The zero-order chi connectivity index (χ0) is 13.8. The first-order valence-corrected chi connectivity index (χ1v) is 5.53. The summed E-state index contributed by atoms with van der Waals surface area (Å²) in [5.74, 6) is -0.743. The van der Waals surface area contributed by atoms with Gasteiger partial charge in [-0.05, 0) is 25.1 Å². The number of rotatable bonds is 3. The molecule has 1 heterocycles. The van der Waals surface area contributed by atoms with Crippen LogP contribution in [-0.4, -0.2) is 24.1 Å². The lowest BCUT2D eigenvalue weighted by atomic mass is 10.2. The zero-order valence-electron chi connectivity index (χ0n) is 10.5. The van der Waals surface area contributed by atoms with Gasteiger partial charge < -0.3 is 14.6 Å². The van der Waals surface area contributed by atoms with E-state index in [1.54, 1.807) is 25.1 Å². The molecule has 19 heavy (non-hydrogen) atoms. The van der Waals surface area contributed by atoms with Crippen LogP contribution in [0, 0.1) is 6.92 Å². The van der Waals surface area contributed by atoms with Crippen LogP contribution in [0.2, 0.25) is 0 Å². The van der Waals surface area contributed by atoms with Crippen LogP contribution in [0.5, 0.6) is 0 Å². The molecular formula is C13H12N2O4. The van der Waals surface area contributed by atoms with E-state index in [0.717, 1.165) is 0 Å². The van der Waals surface area contributed by atoms with Crippen LogP contribution in [0.25, 0.3) is 0 Å². The smallest absolute Gasteiger partial charge is 0.337 e. The quantitative estimate of drug-likeness (QED) is 0.854. The second-order valence-corrected chi connectivity index (χ2v) is 3.86. The topological polar surface area (TPSA) is 81.4 Å². The standard InChI is InChI=1S/C13H12N2O4/c1-8-7-14-19-11(8)12(16)15-10-5-3-4-9(6-10)13(17)18-2/h3-7H,1-2H3,(H,15,16). The summed E-state index contributed by atoms with van der Waals surface area (Å²) in [5.41, 5.74) is 1.47. The lowest BCUT2D eigenvalue weighted by molar-refractivity contribution is 0.0600. The number of aromatic nitrogens is 1. The van der Waals surface area contributed by atoms with Crippen LogP contribution in [0.3, 0.4) is 0 Å². The van der Waals surface area contributed by atoms with Crippen molar-refractivity contribution >= 4 is 17.6 Å². The van der Waals surface area contributed by atoms with Crippen molar-refractivity contribution in [2.24, 2.45) is 0 Å². The van der Waals surface area contributed by atoms with E-state index < -0.39 is 11.9 Å². The van der Waals surface area contributed by atoms with Crippen molar-refractivity contribution in [2.45, 2.75) is 6.92 Å². The summed E-state index contributed by atoms with van der Waals surface area (Å²) in [7, 11) is 1.30. The molecule has 0 aliphatic rings. The van der Waals surface area contributed by atoms with Gasteiger partial charge in [-0.15, -0.1) is 0 Å². The summed E-state index contributed by atoms with van der Waals surface area (Å²) in [4.78, 5) is 23.3. The molecule has 0 aliphatic heterocycles. The number of hydrogen-bond donors (Lipinski definition) is 1. The molecule has 2 rings (SSSR count). The first kappa shape index (κ1) is 12.8. The molecular weight excluding hydrogens is 248 g/mol. The Morgan fingerprint density at radius 3 is 2.79 bits per heavy atom. The number of esters is 1. The summed E-state index contributed by atoms with van der Waals surface area (Å²) in [6, 6.07) is 6.43. The Kier molecular flexibility index (Phi) is 3.61. The number of hydrogen-bond acceptors (Lipinski definition) is 5. The van der Waals surface area contributed by atoms with Crippen molar-refractivity contribution in [1.29, 1.82) is 0 Å². The molecule has 1 amide bonds. The van der Waals surface area contributed by atoms with E-state index in [1.165, 1.54) is 19.4 Å². The van der Waals surface area contributed by atoms with Gasteiger partial charge in [0.2, 0.25) is 5.76 Å². The molecule has 0 fully saturated rings. The number of carbonyl (C=O) groups excluding carboxylic acids is 2. The third-order valence-corrected chi connectivity index (χ3v) is 2.50. The molecule has 2 aromatic rings. The highest BCUT2D eigenvalue weighted by Gasteiger charge is 2.15. The lowest BCUT2D eigenvalue weighted by Gasteiger charge is -2.05. The second-order valence-electron chi connectivity index (χ2n) is 3.86. The SMILES string of the molecule is COC(=O)c1cccc(NC(=O)c2oncc2C)c1. The van der Waals surface area contributed by atoms with Gasteiger partial charge in [0.15, 0.2) is 0 Å². The molecule has 6 nitrogen and oxygen atoms in total. The Morgan fingerprint density at radius 1 is 1.37 bits per heavy atom. The first-order valence-electron chi connectivity index (χ1n) is 5.53. The molecule has 1 N–H and O–H groups in total. The lowest BCUT2D eigenvalue weighted by Crippen LogP contribution is -2.12. The molecule has 0 bridgehead atoms. The number of amides is 1. The fourth-order valence-corrected chi connectivity index (χ4v) is 1.54. The van der Waals surface area contributed by atoms with Crippen LogP contribution >= 0.6 is 0 Å². The molecule has 0 unspecified atom stereocenters. The summed E-state index contributed by atoms with van der Waals surface area (Å²) in [6.07, 6.45) is 1.46. The highest BCUT2D eigenvalue weighted by molar-refractivity contribution is 6.03. The minimum atomic E-state index is -0.466. The summed E-state index contributed by atoms with van der Waals surface area (Å²) >= 11 is 0. The molecule has 1 aromatic heterocycles. The third-order valence-electron chi connectivity index (χ3n) is 2.50. The maximum Gasteiger partial charge on any atom is 0.337 e. The Hall–Kier alpha value is -2.63. The minimum absolute atomic E-state index is 0.142. The molecule has 1 aromatic carbocycles. The highest BCUT2D eigenvalue weighted by Crippen LogP contribution is 2.14. The molecule has 0 spiro atoms. The van der Waals surface area contributed by atoms with Crippen molar-refractivity contribution in [3.8, 4) is 0 Å². The average molecular weight is 260 g/mol. The van der Waals surface area contributed by atoms with Gasteiger partial charge in [0.1, 0.15) is 0 Å². The van der Waals surface area contributed by atoms with Crippen molar-refractivity contribution in [1.82, 2.24) is 5.16 Å². The molecule has 98 valence electrons. The van der Waals surface area contributed by atoms with E-state index in [9.17, 15) is 9.59 Å². The van der Waals surface area contributed by atoms with E-state index in [1.807, 2.05) is 0 Å². The Morgan fingerprint density at radius 2 is 2.16 bits per heavy atom. The van der Waals surface area contributed by atoms with E-state index in [-0.39, 0.29) is 5.76 Å². The fourth-order valence-electron chi connectivity index (χ4n) is 1.54. The number of benzene rings is 1. The van der Waals surface area contributed by atoms with Crippen LogP contribution in [-0.2, 0) is 4.74 Å². The molecule has 0 atom stereocenters. The van der Waals surface area contributed by atoms with E-state index in [4.69, 9.17) is 4.52 Å². The van der Waals surface area contributed by atoms with Crippen molar-refractivity contribution in [2.75, 3.05) is 12.4 Å². The summed E-state index contributed by atoms with van der Waals surface area (Å²) in [5, 5.41) is 6.16. The Balaban J connectivity index is 2.18. The number of nitrogens with zero attached hydrogens (tertiary/aromatic N) is 1. The number of anilines is 1. The zero-order valence-corrected chi connectivity index (χ0v) is 10.5. The fraction of sp³-hybridized carbons (Fsp3) is 0.154. The van der Waals surface area contributed by atoms with E-state index in [0.29, 0.717) is 16.8 Å². The van der Waals surface area contributed by atoms with Crippen LogP contribution in [0.4, 0.5) is 5.69 Å². The first-order chi connectivity index (χ1) is 9.11. The average Bonchev–Trinajstić information content (AvgIpc) is 2.84. The van der Waals surface area contributed by atoms with Crippen LogP contribution in [0.1, 0.15) is 26.5 Å². The maximum absolute atomic E-state index is 11.9. The normalized spacial score (nSPS) is 10.0. The summed E-state index contributed by atoms with van der Waals surface area (Å²) in [6.45, 7) is 1.72. The number of aryl methyl sites for hydroxylation is 1. The highest BCUT2D eigenvalue weighted by atomic mass is 16.5. The van der Waals surface area contributed by atoms with Gasteiger partial charge in [-0.3, -0.25) is 4.79 Å². The van der Waals surface area contributed by atoms with Gasteiger partial charge in [0.05, 0.1) is 18.9 Å². The largest absolute Gasteiger partial charge is 0.465 e. The van der Waals surface area contributed by atoms with Gasteiger partial charge in [-0.1, -0.05) is 11.2 Å². The van der Waals surface area contributed by atoms with Crippen molar-refractivity contribution < 1.29 is 18.8 Å². The Bertz CT molecular complexity index is 619. The second kappa shape index (κ2) is 5.34. The number of ether oxygens (including phenoxy) is 1. The van der Waals surface area contributed by atoms with E-state index in [2.05, 4.69) is 15.2 Å². The monoisotopic (exact) mass is 260 g/mol. The summed E-state index contributed by atoms with van der Waals surface area (Å²) < 4.78 is 9.45. The maximum atomic E-state index is 11.9. The van der Waals surface area contributed by atoms with Gasteiger partial charge >= 0.3 is 5.97 Å². The molecule has 6 heteroatoms. The molecule has 0 aliphatic carbocycles. The molecule has 0 radical (unpaired) electrons. The number of nitrogens with one attached hydrogen (secondary N) is 1. The number of methoxy groups -OCH3 is 1. The van der Waals surface area contributed by atoms with E-state index >= 15 is 0 Å².